The van der Waals surface area contributed by atoms with Gasteiger partial charge in [0, 0.05) is 5.39 Å². The highest BCUT2D eigenvalue weighted by molar-refractivity contribution is 7.91. The van der Waals surface area contributed by atoms with E-state index in [0.29, 0.717) is 11.3 Å². The number of fused-ring (bicyclic) bond motifs is 1. The van der Waals surface area contributed by atoms with Gasteiger partial charge >= 0.3 is 0 Å². The van der Waals surface area contributed by atoms with Gasteiger partial charge in [0.25, 0.3) is 11.5 Å². The van der Waals surface area contributed by atoms with Crippen molar-refractivity contribution in [3.8, 4) is 11.5 Å². The van der Waals surface area contributed by atoms with Gasteiger partial charge in [0.2, 0.25) is 10.0 Å². The molecule has 13 heteroatoms. The number of benzene rings is 1. The molecule has 122 valence electrons. The van der Waals surface area contributed by atoms with Gasteiger partial charge in [0.1, 0.15) is 27.9 Å². The topological polar surface area (TPSA) is 97.1 Å². The molecule has 0 spiro atoms. The Hall–Kier alpha value is -0.950. The molecule has 0 unspecified atom stereocenters. The van der Waals surface area contributed by atoms with Crippen LogP contribution in [0.15, 0.2) is 4.21 Å². The highest BCUT2D eigenvalue weighted by atomic mass is 35.5. The van der Waals surface area contributed by atoms with E-state index >= 15 is 0 Å². The molecular formula is C9H5Cl2F2NO6S2. The second kappa shape index (κ2) is 6.28. The summed E-state index contributed by atoms with van der Waals surface area (Å²) in [5, 5.41) is 4.61. The standard InChI is InChI=1S/C9H5Cl2F2NO6S2/c1-2-3-4(12)6(17-19-10)7(18-20-11)5(13)8(3)21-9(2)22(14,15)16/h1H3,(H2,14,15,16). The molecule has 0 saturated carbocycles. The Bertz CT molecular complexity index is 841. The van der Waals surface area contributed by atoms with Crippen molar-refractivity contribution in [2.24, 2.45) is 5.14 Å². The molecule has 2 N–H and O–H groups in total. The Kier molecular flexibility index (Phi) is 4.96. The zero-order chi connectivity index (χ0) is 16.7. The van der Waals surface area contributed by atoms with E-state index < -0.39 is 47.5 Å². The molecule has 1 heterocycles. The van der Waals surface area contributed by atoms with Gasteiger partial charge in [-0.1, -0.05) is 8.88 Å². The van der Waals surface area contributed by atoms with Crippen LogP contribution in [0.1, 0.15) is 5.56 Å². The molecule has 0 amide bonds. The molecular weight excluding hydrogens is 391 g/mol. The number of nitrogens with two attached hydrogens (primary N) is 1. The van der Waals surface area contributed by atoms with Crippen LogP contribution in [0.4, 0.5) is 8.78 Å². The smallest absolute Gasteiger partial charge is 0.253 e. The fourth-order valence-corrected chi connectivity index (χ4v) is 4.15. The van der Waals surface area contributed by atoms with Crippen molar-refractivity contribution >= 4 is 55.2 Å². The average molecular weight is 396 g/mol. The van der Waals surface area contributed by atoms with E-state index in [1.807, 2.05) is 0 Å². The van der Waals surface area contributed by atoms with E-state index in [9.17, 15) is 17.2 Å². The fourth-order valence-electron chi connectivity index (χ4n) is 1.81. The fraction of sp³-hybridized carbons (Fsp3) is 0.111. The van der Waals surface area contributed by atoms with Gasteiger partial charge in [-0.3, -0.25) is 0 Å². The second-order valence-corrected chi connectivity index (χ2v) is 6.87. The SMILES string of the molecule is Cc1c(S(N)(=O)=O)sc2c(F)c(OOCl)c(OOCl)c(F)c12. The van der Waals surface area contributed by atoms with Crippen LogP contribution >= 0.6 is 35.1 Å². The molecule has 0 aliphatic carbocycles. The summed E-state index contributed by atoms with van der Waals surface area (Å²) in [5.41, 5.74) is -0.114. The van der Waals surface area contributed by atoms with E-state index in [0.717, 1.165) is 0 Å². The summed E-state index contributed by atoms with van der Waals surface area (Å²) >= 11 is 10.1. The van der Waals surface area contributed by atoms with Crippen LogP contribution in [-0.4, -0.2) is 8.42 Å². The summed E-state index contributed by atoms with van der Waals surface area (Å²) < 4.78 is 58.4. The van der Waals surface area contributed by atoms with E-state index in [1.165, 1.54) is 6.92 Å². The Labute approximate surface area is 136 Å². The lowest BCUT2D eigenvalue weighted by Gasteiger charge is -2.09. The maximum atomic E-state index is 14.4. The Balaban J connectivity index is 2.94. The van der Waals surface area contributed by atoms with E-state index in [-0.39, 0.29) is 5.56 Å². The summed E-state index contributed by atoms with van der Waals surface area (Å²) in [4.78, 5) is 8.53. The zero-order valence-electron chi connectivity index (χ0n) is 10.4. The highest BCUT2D eigenvalue weighted by Crippen LogP contribution is 2.46. The maximum Gasteiger partial charge on any atom is 0.253 e. The maximum absolute atomic E-state index is 14.4. The van der Waals surface area contributed by atoms with Crippen molar-refractivity contribution in [1.82, 2.24) is 0 Å². The number of halogens is 4. The lowest BCUT2D eigenvalue weighted by Crippen LogP contribution is -2.11. The third-order valence-electron chi connectivity index (χ3n) is 2.61. The first-order valence-corrected chi connectivity index (χ1v) is 8.09. The summed E-state index contributed by atoms with van der Waals surface area (Å²) in [7, 11) is -4.19. The first kappa shape index (κ1) is 17.4. The minimum atomic E-state index is -4.19. The number of thiophene rings is 1. The van der Waals surface area contributed by atoms with Crippen molar-refractivity contribution in [2.75, 3.05) is 0 Å². The zero-order valence-corrected chi connectivity index (χ0v) is 13.5. The Morgan fingerprint density at radius 3 is 2.05 bits per heavy atom. The van der Waals surface area contributed by atoms with Gasteiger partial charge in [-0.05, 0) is 12.5 Å². The van der Waals surface area contributed by atoms with E-state index in [2.05, 4.69) is 18.7 Å². The van der Waals surface area contributed by atoms with Crippen molar-refractivity contribution < 1.29 is 35.9 Å². The molecule has 0 bridgehead atoms. The molecule has 22 heavy (non-hydrogen) atoms. The molecule has 2 aromatic rings. The Morgan fingerprint density at radius 2 is 1.59 bits per heavy atom. The summed E-state index contributed by atoms with van der Waals surface area (Å²) in [6, 6.07) is 0. The van der Waals surface area contributed by atoms with E-state index in [1.54, 1.807) is 0 Å². The van der Waals surface area contributed by atoms with Gasteiger partial charge in [-0.15, -0.1) is 11.3 Å². The Morgan fingerprint density at radius 1 is 1.09 bits per heavy atom. The minimum Gasteiger partial charge on any atom is -0.312 e. The molecule has 0 fully saturated rings. The highest BCUT2D eigenvalue weighted by Gasteiger charge is 2.31. The number of sulfonamides is 1. The summed E-state index contributed by atoms with van der Waals surface area (Å²) in [5.74, 6) is -4.27. The van der Waals surface area contributed by atoms with Crippen LogP contribution in [0.5, 0.6) is 11.5 Å². The molecule has 1 aromatic carbocycles. The van der Waals surface area contributed by atoms with Gasteiger partial charge in [-0.2, -0.15) is 0 Å². The average Bonchev–Trinajstić information content (AvgIpc) is 2.78. The van der Waals surface area contributed by atoms with Crippen LogP contribution in [0.3, 0.4) is 0 Å². The van der Waals surface area contributed by atoms with Crippen molar-refractivity contribution in [3.05, 3.63) is 17.2 Å². The lowest BCUT2D eigenvalue weighted by molar-refractivity contribution is -0.124. The number of hydrogen-bond acceptors (Lipinski definition) is 7. The lowest BCUT2D eigenvalue weighted by atomic mass is 10.1. The first-order chi connectivity index (χ1) is 10.2. The molecule has 0 atom stereocenters. The third kappa shape index (κ3) is 2.80. The predicted octanol–water partition coefficient (Wildman–Crippen LogP) is 3.06. The summed E-state index contributed by atoms with van der Waals surface area (Å²) in [6.45, 7) is 1.24. The monoisotopic (exact) mass is 395 g/mol. The quantitative estimate of drug-likeness (QED) is 0.617. The van der Waals surface area contributed by atoms with Crippen molar-refractivity contribution in [2.45, 2.75) is 11.1 Å². The molecule has 7 nitrogen and oxygen atoms in total. The number of hydrogen-bond donors (Lipinski definition) is 1. The number of primary sulfonamides is 1. The molecule has 0 aliphatic heterocycles. The van der Waals surface area contributed by atoms with Gasteiger partial charge < -0.3 is 9.78 Å². The predicted molar refractivity (Wildman–Crippen MR) is 73.0 cm³/mol. The van der Waals surface area contributed by atoms with Gasteiger partial charge in [-0.25, -0.2) is 22.3 Å². The van der Waals surface area contributed by atoms with Crippen molar-refractivity contribution in [3.63, 3.8) is 0 Å². The van der Waals surface area contributed by atoms with E-state index in [4.69, 9.17) is 28.9 Å². The molecule has 0 aliphatic rings. The minimum absolute atomic E-state index is 0.114. The van der Waals surface area contributed by atoms with Crippen LogP contribution in [0.25, 0.3) is 10.1 Å². The second-order valence-electron chi connectivity index (χ2n) is 3.84. The van der Waals surface area contributed by atoms with Crippen LogP contribution in [0, 0.1) is 18.6 Å². The number of rotatable bonds is 5. The molecule has 0 radical (unpaired) electrons. The largest absolute Gasteiger partial charge is 0.312 e. The molecule has 0 saturated heterocycles. The normalized spacial score (nSPS) is 11.9. The van der Waals surface area contributed by atoms with Crippen molar-refractivity contribution in [1.29, 1.82) is 0 Å². The molecule has 1 aromatic heterocycles. The first-order valence-electron chi connectivity index (χ1n) is 5.11. The van der Waals surface area contributed by atoms with Crippen LogP contribution in [0.2, 0.25) is 0 Å². The van der Waals surface area contributed by atoms with Crippen LogP contribution in [-0.2, 0) is 18.9 Å². The van der Waals surface area contributed by atoms with Gasteiger partial charge in [0.05, 0.1) is 4.70 Å². The third-order valence-corrected chi connectivity index (χ3v) is 5.59. The van der Waals surface area contributed by atoms with Gasteiger partial charge in [0.15, 0.2) is 11.6 Å². The van der Waals surface area contributed by atoms with Crippen LogP contribution < -0.4 is 14.9 Å². The molecule has 2 rings (SSSR count). The summed E-state index contributed by atoms with van der Waals surface area (Å²) in [6.07, 6.45) is 0. The number of aryl methyl sites for hydroxylation is 1.